The molecule has 2 heteroatoms. The molecule has 0 aliphatic rings. The number of nitrogens with two attached hydrogens (primary N) is 1. The SMILES string of the molecule is C[C@H](N)c1ccccc1O. The molecule has 0 amide bonds. The highest BCUT2D eigenvalue weighted by molar-refractivity contribution is 5.33. The lowest BCUT2D eigenvalue weighted by Gasteiger charge is -2.06. The lowest BCUT2D eigenvalue weighted by atomic mass is 10.1. The van der Waals surface area contributed by atoms with Gasteiger partial charge in [-0.15, -0.1) is 0 Å². The van der Waals surface area contributed by atoms with Crippen molar-refractivity contribution in [3.8, 4) is 5.75 Å². The molecule has 3 N–H and O–H groups in total. The molecule has 0 aliphatic heterocycles. The minimum Gasteiger partial charge on any atom is -0.508 e. The number of phenolic OH excluding ortho intramolecular Hbond substituents is 1. The van der Waals surface area contributed by atoms with Gasteiger partial charge < -0.3 is 10.8 Å². The van der Waals surface area contributed by atoms with Crippen molar-refractivity contribution in [1.82, 2.24) is 0 Å². The zero-order chi connectivity index (χ0) is 7.56. The first-order valence-electron chi connectivity index (χ1n) is 3.25. The summed E-state index contributed by atoms with van der Waals surface area (Å²) < 4.78 is 0. The van der Waals surface area contributed by atoms with Crippen LogP contribution in [0.3, 0.4) is 0 Å². The van der Waals surface area contributed by atoms with Crippen LogP contribution in [0.2, 0.25) is 0 Å². The van der Waals surface area contributed by atoms with Gasteiger partial charge in [0.2, 0.25) is 0 Å². The highest BCUT2D eigenvalue weighted by Crippen LogP contribution is 2.20. The Labute approximate surface area is 60.3 Å². The third-order valence-corrected chi connectivity index (χ3v) is 1.43. The van der Waals surface area contributed by atoms with Gasteiger partial charge in [-0.1, -0.05) is 18.2 Å². The highest BCUT2D eigenvalue weighted by Gasteiger charge is 2.02. The van der Waals surface area contributed by atoms with Gasteiger partial charge in [0.15, 0.2) is 0 Å². The Hall–Kier alpha value is -1.02. The summed E-state index contributed by atoms with van der Waals surface area (Å²) in [6.07, 6.45) is 0. The van der Waals surface area contributed by atoms with Crippen LogP contribution in [0.1, 0.15) is 18.5 Å². The van der Waals surface area contributed by atoms with E-state index in [0.29, 0.717) is 0 Å². The Kier molecular flexibility index (Phi) is 1.92. The fourth-order valence-corrected chi connectivity index (χ4v) is 0.873. The molecule has 0 saturated carbocycles. The summed E-state index contributed by atoms with van der Waals surface area (Å²) in [6, 6.07) is 7.00. The number of rotatable bonds is 1. The Bertz CT molecular complexity index is 220. The lowest BCUT2D eigenvalue weighted by molar-refractivity contribution is 0.464. The predicted molar refractivity (Wildman–Crippen MR) is 40.7 cm³/mol. The van der Waals surface area contributed by atoms with Crippen molar-refractivity contribution >= 4 is 0 Å². The van der Waals surface area contributed by atoms with Crippen LogP contribution in [0, 0.1) is 0 Å². The van der Waals surface area contributed by atoms with Crippen LogP contribution in [0.15, 0.2) is 24.3 Å². The molecular weight excluding hydrogens is 126 g/mol. The Morgan fingerprint density at radius 2 is 2.00 bits per heavy atom. The van der Waals surface area contributed by atoms with Crippen LogP contribution in [-0.4, -0.2) is 5.11 Å². The van der Waals surface area contributed by atoms with E-state index in [9.17, 15) is 5.11 Å². The molecule has 2 nitrogen and oxygen atoms in total. The second-order valence-corrected chi connectivity index (χ2v) is 2.35. The van der Waals surface area contributed by atoms with Gasteiger partial charge in [0, 0.05) is 11.6 Å². The smallest absolute Gasteiger partial charge is 0.120 e. The fourth-order valence-electron chi connectivity index (χ4n) is 0.873. The molecule has 0 heterocycles. The van der Waals surface area contributed by atoms with E-state index in [1.807, 2.05) is 19.1 Å². The second kappa shape index (κ2) is 2.71. The Morgan fingerprint density at radius 1 is 1.40 bits per heavy atom. The molecule has 0 spiro atoms. The molecule has 0 radical (unpaired) electrons. The van der Waals surface area contributed by atoms with Crippen molar-refractivity contribution in [3.63, 3.8) is 0 Å². The van der Waals surface area contributed by atoms with Crippen LogP contribution in [0.25, 0.3) is 0 Å². The summed E-state index contributed by atoms with van der Waals surface area (Å²) in [5.74, 6) is 0.275. The van der Waals surface area contributed by atoms with Crippen LogP contribution in [0.4, 0.5) is 0 Å². The number of benzene rings is 1. The molecule has 0 fully saturated rings. The van der Waals surface area contributed by atoms with Gasteiger partial charge in [0.1, 0.15) is 5.75 Å². The second-order valence-electron chi connectivity index (χ2n) is 2.35. The molecule has 0 aromatic heterocycles. The van der Waals surface area contributed by atoms with E-state index < -0.39 is 0 Å². The molecule has 0 unspecified atom stereocenters. The van der Waals surface area contributed by atoms with Crippen LogP contribution < -0.4 is 5.73 Å². The Morgan fingerprint density at radius 3 is 2.40 bits per heavy atom. The first kappa shape index (κ1) is 7.09. The molecule has 0 saturated heterocycles. The van der Waals surface area contributed by atoms with Crippen molar-refractivity contribution in [2.24, 2.45) is 5.73 Å². The van der Waals surface area contributed by atoms with Gasteiger partial charge in [0.05, 0.1) is 0 Å². The maximum absolute atomic E-state index is 9.20. The average Bonchev–Trinajstić information content (AvgIpc) is 1.88. The molecule has 10 heavy (non-hydrogen) atoms. The van der Waals surface area contributed by atoms with Crippen LogP contribution in [0.5, 0.6) is 5.75 Å². The molecule has 0 bridgehead atoms. The Balaban J connectivity index is 3.03. The zero-order valence-corrected chi connectivity index (χ0v) is 5.91. The topological polar surface area (TPSA) is 46.2 Å². The number of phenols is 1. The van der Waals surface area contributed by atoms with Gasteiger partial charge in [-0.25, -0.2) is 0 Å². The molecule has 54 valence electrons. The number of hydrogen-bond donors (Lipinski definition) is 2. The zero-order valence-electron chi connectivity index (χ0n) is 5.91. The summed E-state index contributed by atoms with van der Waals surface area (Å²) >= 11 is 0. The standard InChI is InChI=1S/C8H11NO/c1-6(9)7-4-2-3-5-8(7)10/h2-6,10H,9H2,1H3/t6-/m0/s1. The van der Waals surface area contributed by atoms with Gasteiger partial charge in [0.25, 0.3) is 0 Å². The first-order chi connectivity index (χ1) is 4.72. The molecule has 1 aromatic carbocycles. The minimum atomic E-state index is -0.0961. The van der Waals surface area contributed by atoms with E-state index >= 15 is 0 Å². The van der Waals surface area contributed by atoms with E-state index in [-0.39, 0.29) is 11.8 Å². The van der Waals surface area contributed by atoms with Gasteiger partial charge in [-0.05, 0) is 13.0 Å². The summed E-state index contributed by atoms with van der Waals surface area (Å²) in [4.78, 5) is 0. The monoisotopic (exact) mass is 137 g/mol. The summed E-state index contributed by atoms with van der Waals surface area (Å²) in [5, 5.41) is 9.20. The van der Waals surface area contributed by atoms with Crippen molar-refractivity contribution in [2.45, 2.75) is 13.0 Å². The number of aromatic hydroxyl groups is 1. The van der Waals surface area contributed by atoms with E-state index in [1.165, 1.54) is 0 Å². The van der Waals surface area contributed by atoms with Crippen molar-refractivity contribution in [1.29, 1.82) is 0 Å². The summed E-state index contributed by atoms with van der Waals surface area (Å²) in [5.41, 5.74) is 6.35. The van der Waals surface area contributed by atoms with Crippen molar-refractivity contribution in [2.75, 3.05) is 0 Å². The van der Waals surface area contributed by atoms with Crippen LogP contribution >= 0.6 is 0 Å². The summed E-state index contributed by atoms with van der Waals surface area (Å²) in [7, 11) is 0. The largest absolute Gasteiger partial charge is 0.508 e. The maximum atomic E-state index is 9.20. The van der Waals surface area contributed by atoms with Gasteiger partial charge in [-0.2, -0.15) is 0 Å². The first-order valence-corrected chi connectivity index (χ1v) is 3.25. The minimum absolute atomic E-state index is 0.0961. The fraction of sp³-hybridized carbons (Fsp3) is 0.250. The molecule has 0 aliphatic carbocycles. The van der Waals surface area contributed by atoms with E-state index in [4.69, 9.17) is 5.73 Å². The van der Waals surface area contributed by atoms with Crippen molar-refractivity contribution in [3.05, 3.63) is 29.8 Å². The predicted octanol–water partition coefficient (Wildman–Crippen LogP) is 1.41. The average molecular weight is 137 g/mol. The van der Waals surface area contributed by atoms with Gasteiger partial charge in [-0.3, -0.25) is 0 Å². The van der Waals surface area contributed by atoms with E-state index in [2.05, 4.69) is 0 Å². The molecule has 1 rings (SSSR count). The highest BCUT2D eigenvalue weighted by atomic mass is 16.3. The maximum Gasteiger partial charge on any atom is 0.120 e. The number of para-hydroxylation sites is 1. The van der Waals surface area contributed by atoms with Crippen LogP contribution in [-0.2, 0) is 0 Å². The molecular formula is C8H11NO. The molecule has 1 aromatic rings. The number of hydrogen-bond acceptors (Lipinski definition) is 2. The van der Waals surface area contributed by atoms with E-state index in [0.717, 1.165) is 5.56 Å². The quantitative estimate of drug-likeness (QED) is 0.614. The molecule has 1 atom stereocenters. The third kappa shape index (κ3) is 1.28. The summed E-state index contributed by atoms with van der Waals surface area (Å²) in [6.45, 7) is 1.84. The van der Waals surface area contributed by atoms with Crippen molar-refractivity contribution < 1.29 is 5.11 Å². The normalized spacial score (nSPS) is 13.0. The lowest BCUT2D eigenvalue weighted by Crippen LogP contribution is -2.04. The third-order valence-electron chi connectivity index (χ3n) is 1.43. The van der Waals surface area contributed by atoms with Gasteiger partial charge >= 0.3 is 0 Å². The van der Waals surface area contributed by atoms with E-state index in [1.54, 1.807) is 12.1 Å².